The van der Waals surface area contributed by atoms with Crippen LogP contribution in [0.2, 0.25) is 0 Å². The van der Waals surface area contributed by atoms with E-state index in [0.29, 0.717) is 12.1 Å². The summed E-state index contributed by atoms with van der Waals surface area (Å²) in [4.78, 5) is 22.8. The number of benzene rings is 1. The summed E-state index contributed by atoms with van der Waals surface area (Å²) in [5.41, 5.74) is 12.1. The van der Waals surface area contributed by atoms with Gasteiger partial charge in [-0.1, -0.05) is 0 Å². The van der Waals surface area contributed by atoms with Crippen LogP contribution in [0.3, 0.4) is 0 Å². The molecule has 2 atom stereocenters. The molecule has 0 spiro atoms. The number of carbonyl (C=O) groups excluding carboxylic acids is 1. The zero-order chi connectivity index (χ0) is 17.9. The molecule has 1 amide bonds. The number of amides is 1. The summed E-state index contributed by atoms with van der Waals surface area (Å²) in [6.07, 6.45) is 0. The van der Waals surface area contributed by atoms with Gasteiger partial charge in [-0.3, -0.25) is 9.59 Å². The maximum Gasteiger partial charge on any atom is 0.322 e. The van der Waals surface area contributed by atoms with E-state index in [0.717, 1.165) is 6.07 Å². The number of hydrazine groups is 2. The van der Waals surface area contributed by atoms with E-state index < -0.39 is 23.7 Å². The lowest BCUT2D eigenvalue weighted by Crippen LogP contribution is -2.42. The van der Waals surface area contributed by atoms with E-state index in [9.17, 15) is 14.0 Å². The molecule has 1 aliphatic heterocycles. The Labute approximate surface area is 139 Å². The first-order valence-corrected chi connectivity index (χ1v) is 7.63. The van der Waals surface area contributed by atoms with E-state index in [4.69, 9.17) is 10.8 Å². The molecule has 24 heavy (non-hydrogen) atoms. The van der Waals surface area contributed by atoms with Crippen molar-refractivity contribution in [3.05, 3.63) is 35.1 Å². The van der Waals surface area contributed by atoms with Crippen molar-refractivity contribution in [3.8, 4) is 0 Å². The van der Waals surface area contributed by atoms with Crippen LogP contribution in [0.1, 0.15) is 35.8 Å². The second kappa shape index (κ2) is 7.67. The molecular formula is C15H22FN5O3. The average molecular weight is 339 g/mol. The van der Waals surface area contributed by atoms with E-state index in [1.165, 1.54) is 6.07 Å². The summed E-state index contributed by atoms with van der Waals surface area (Å²) in [6, 6.07) is 2.92. The number of carboxylic acids is 1. The fourth-order valence-electron chi connectivity index (χ4n) is 2.51. The lowest BCUT2D eigenvalue weighted by atomic mass is 10.0. The molecule has 2 rings (SSSR count). The normalized spacial score (nSPS) is 19.5. The van der Waals surface area contributed by atoms with Crippen LogP contribution in [0.4, 0.5) is 4.39 Å². The van der Waals surface area contributed by atoms with Gasteiger partial charge in [0.25, 0.3) is 5.91 Å². The molecular weight excluding hydrogens is 317 g/mol. The average Bonchev–Trinajstić information content (AvgIpc) is 3.01. The van der Waals surface area contributed by atoms with Crippen molar-refractivity contribution in [2.24, 2.45) is 5.73 Å². The molecule has 0 radical (unpaired) electrons. The van der Waals surface area contributed by atoms with Gasteiger partial charge < -0.3 is 16.2 Å². The molecule has 8 nitrogen and oxygen atoms in total. The fraction of sp³-hybridized carbons (Fsp3) is 0.467. The molecule has 132 valence electrons. The molecule has 0 saturated carbocycles. The third kappa shape index (κ3) is 4.26. The number of carbonyl (C=O) groups is 2. The summed E-state index contributed by atoms with van der Waals surface area (Å²) in [5.74, 6) is -2.32. The number of nitrogens with two attached hydrogens (primary N) is 1. The standard InChI is InChI=1S/C15H22FN5O3/c1-8(2)21-13(7-19-20-21)9-3-10(5-11(16)4-9)14(22)18-6-12(17)15(23)24/h3-5,8,12-13,19-20H,6-7,17H2,1-2H3,(H,18,22)(H,23,24)/t12-,13?/m1/s1. The number of aliphatic carboxylic acids is 1. The molecule has 1 aliphatic rings. The maximum absolute atomic E-state index is 13.9. The van der Waals surface area contributed by atoms with Crippen molar-refractivity contribution in [1.82, 2.24) is 21.3 Å². The van der Waals surface area contributed by atoms with Crippen LogP contribution in [-0.4, -0.2) is 47.2 Å². The molecule has 0 bridgehead atoms. The zero-order valence-corrected chi connectivity index (χ0v) is 13.5. The molecule has 0 aliphatic carbocycles. The molecule has 1 saturated heterocycles. The lowest BCUT2D eigenvalue weighted by Gasteiger charge is -2.27. The lowest BCUT2D eigenvalue weighted by molar-refractivity contribution is -0.138. The van der Waals surface area contributed by atoms with E-state index in [-0.39, 0.29) is 24.2 Å². The van der Waals surface area contributed by atoms with Crippen molar-refractivity contribution in [2.75, 3.05) is 13.1 Å². The summed E-state index contributed by atoms with van der Waals surface area (Å²) in [6.45, 7) is 4.32. The number of halogens is 1. The third-order valence-corrected chi connectivity index (χ3v) is 3.76. The van der Waals surface area contributed by atoms with Crippen LogP contribution in [0.25, 0.3) is 0 Å². The number of nitrogens with zero attached hydrogens (tertiary/aromatic N) is 1. The zero-order valence-electron chi connectivity index (χ0n) is 13.5. The fourth-order valence-corrected chi connectivity index (χ4v) is 2.51. The van der Waals surface area contributed by atoms with Crippen LogP contribution >= 0.6 is 0 Å². The Morgan fingerprint density at radius 2 is 2.17 bits per heavy atom. The molecule has 1 aromatic rings. The Morgan fingerprint density at radius 1 is 1.46 bits per heavy atom. The quantitative estimate of drug-likeness (QED) is 0.484. The first-order valence-electron chi connectivity index (χ1n) is 7.63. The largest absolute Gasteiger partial charge is 0.480 e. The highest BCUT2D eigenvalue weighted by atomic mass is 19.1. The van der Waals surface area contributed by atoms with Crippen molar-refractivity contribution < 1.29 is 19.1 Å². The highest BCUT2D eigenvalue weighted by molar-refractivity contribution is 5.94. The Bertz CT molecular complexity index is 625. The Kier molecular flexibility index (Phi) is 5.84. The van der Waals surface area contributed by atoms with Crippen molar-refractivity contribution in [2.45, 2.75) is 32.0 Å². The first kappa shape index (κ1) is 18.3. The van der Waals surface area contributed by atoms with Gasteiger partial charge in [0.15, 0.2) is 0 Å². The molecule has 0 aromatic heterocycles. The number of carboxylic acid groups (broad SMARTS) is 1. The Hall–Kier alpha value is -2.07. The third-order valence-electron chi connectivity index (χ3n) is 3.76. The van der Waals surface area contributed by atoms with E-state index in [2.05, 4.69) is 16.3 Å². The summed E-state index contributed by atoms with van der Waals surface area (Å²) in [7, 11) is 0. The smallest absolute Gasteiger partial charge is 0.322 e. The van der Waals surface area contributed by atoms with Crippen LogP contribution < -0.4 is 22.0 Å². The van der Waals surface area contributed by atoms with Gasteiger partial charge >= 0.3 is 5.97 Å². The molecule has 6 N–H and O–H groups in total. The van der Waals surface area contributed by atoms with Crippen LogP contribution in [-0.2, 0) is 4.79 Å². The van der Waals surface area contributed by atoms with Crippen molar-refractivity contribution in [3.63, 3.8) is 0 Å². The first-order chi connectivity index (χ1) is 11.3. The molecule has 1 heterocycles. The van der Waals surface area contributed by atoms with E-state index >= 15 is 0 Å². The van der Waals surface area contributed by atoms with Crippen LogP contribution in [0, 0.1) is 5.82 Å². The minimum absolute atomic E-state index is 0.123. The minimum Gasteiger partial charge on any atom is -0.480 e. The van der Waals surface area contributed by atoms with Gasteiger partial charge in [-0.2, -0.15) is 5.53 Å². The van der Waals surface area contributed by atoms with E-state index in [1.54, 1.807) is 6.07 Å². The minimum atomic E-state index is -1.22. The summed E-state index contributed by atoms with van der Waals surface area (Å²) >= 11 is 0. The summed E-state index contributed by atoms with van der Waals surface area (Å²) < 4.78 is 13.9. The van der Waals surface area contributed by atoms with Crippen molar-refractivity contribution in [1.29, 1.82) is 0 Å². The van der Waals surface area contributed by atoms with Crippen molar-refractivity contribution >= 4 is 11.9 Å². The van der Waals surface area contributed by atoms with Gasteiger partial charge in [-0.15, -0.1) is 0 Å². The SMILES string of the molecule is CC(C)N1NNCC1c1cc(F)cc(C(=O)NC[C@@H](N)C(=O)O)c1. The monoisotopic (exact) mass is 339 g/mol. The number of rotatable bonds is 6. The maximum atomic E-state index is 13.9. The molecule has 1 unspecified atom stereocenters. The van der Waals surface area contributed by atoms with Crippen LogP contribution in [0.5, 0.6) is 0 Å². The predicted molar refractivity (Wildman–Crippen MR) is 85.2 cm³/mol. The second-order valence-electron chi connectivity index (χ2n) is 5.94. The summed E-state index contributed by atoms with van der Waals surface area (Å²) in [5, 5.41) is 13.1. The number of hydrogen-bond acceptors (Lipinski definition) is 6. The molecule has 1 aromatic carbocycles. The van der Waals surface area contributed by atoms with Gasteiger partial charge in [-0.05, 0) is 37.6 Å². The van der Waals surface area contributed by atoms with Gasteiger partial charge in [0.1, 0.15) is 11.9 Å². The second-order valence-corrected chi connectivity index (χ2v) is 5.94. The number of hydrogen-bond donors (Lipinski definition) is 5. The molecule has 1 fully saturated rings. The van der Waals surface area contributed by atoms with Gasteiger partial charge in [0, 0.05) is 24.7 Å². The van der Waals surface area contributed by atoms with Gasteiger partial charge in [0.2, 0.25) is 0 Å². The van der Waals surface area contributed by atoms with Gasteiger partial charge in [-0.25, -0.2) is 14.8 Å². The molecule has 9 heteroatoms. The van der Waals surface area contributed by atoms with Crippen LogP contribution in [0.15, 0.2) is 18.2 Å². The topological polar surface area (TPSA) is 120 Å². The van der Waals surface area contributed by atoms with E-state index in [1.807, 2.05) is 18.9 Å². The van der Waals surface area contributed by atoms with Gasteiger partial charge in [0.05, 0.1) is 6.04 Å². The predicted octanol–water partition coefficient (Wildman–Crippen LogP) is -0.258. The highest BCUT2D eigenvalue weighted by Gasteiger charge is 2.28. The number of nitrogens with one attached hydrogen (secondary N) is 3. The highest BCUT2D eigenvalue weighted by Crippen LogP contribution is 2.25. The Morgan fingerprint density at radius 3 is 2.79 bits per heavy atom. The Balaban J connectivity index is 2.16.